The van der Waals surface area contributed by atoms with Crippen LogP contribution in [0.1, 0.15) is 12.8 Å². The van der Waals surface area contributed by atoms with Crippen LogP contribution < -0.4 is 11.5 Å². The molecule has 0 aliphatic carbocycles. The van der Waals surface area contributed by atoms with Crippen LogP contribution in [0, 0.1) is 5.92 Å². The summed E-state index contributed by atoms with van der Waals surface area (Å²) in [5.74, 6) is 0.418. The van der Waals surface area contributed by atoms with Crippen LogP contribution in [0.4, 0.5) is 0 Å². The van der Waals surface area contributed by atoms with Gasteiger partial charge in [0.1, 0.15) is 0 Å². The van der Waals surface area contributed by atoms with Crippen molar-refractivity contribution in [1.82, 2.24) is 0 Å². The molecule has 1 heterocycles. The first-order valence-corrected chi connectivity index (χ1v) is 4.45. The van der Waals surface area contributed by atoms with E-state index in [0.29, 0.717) is 5.92 Å². The van der Waals surface area contributed by atoms with Crippen molar-refractivity contribution in [3.8, 4) is 0 Å². The van der Waals surface area contributed by atoms with E-state index in [2.05, 4.69) is 0 Å². The largest absolute Gasteiger partial charge is 0.395 e. The number of hydrogen-bond acceptors (Lipinski definition) is 4. The molecule has 72 valence electrons. The van der Waals surface area contributed by atoms with E-state index in [-0.39, 0.29) is 18.7 Å². The van der Waals surface area contributed by atoms with Gasteiger partial charge in [0.05, 0.1) is 6.61 Å². The van der Waals surface area contributed by atoms with E-state index in [1.54, 1.807) is 0 Å². The van der Waals surface area contributed by atoms with E-state index in [0.717, 1.165) is 26.1 Å². The molecular weight excluding hydrogens is 156 g/mol. The van der Waals surface area contributed by atoms with Crippen LogP contribution in [0.5, 0.6) is 0 Å². The normalized spacial score (nSPS) is 25.2. The average Bonchev–Trinajstić information content (AvgIpc) is 2.17. The molecule has 0 aromatic heterocycles. The van der Waals surface area contributed by atoms with Gasteiger partial charge in [-0.15, -0.1) is 0 Å². The van der Waals surface area contributed by atoms with Gasteiger partial charge in [0.25, 0.3) is 0 Å². The zero-order valence-corrected chi connectivity index (χ0v) is 7.28. The molecule has 2 atom stereocenters. The lowest BCUT2D eigenvalue weighted by molar-refractivity contribution is 0.0523. The number of aliphatic hydroxyl groups is 1. The minimum atomic E-state index is -0.284. The Morgan fingerprint density at radius 3 is 2.42 bits per heavy atom. The molecule has 0 amide bonds. The molecule has 1 saturated heterocycles. The molecule has 0 bridgehead atoms. The molecular formula is C8H18N2O2. The second kappa shape index (κ2) is 4.77. The van der Waals surface area contributed by atoms with Crippen LogP contribution in [0.3, 0.4) is 0 Å². The number of nitrogens with two attached hydrogens (primary N) is 2. The summed E-state index contributed by atoms with van der Waals surface area (Å²) in [6.07, 6.45) is 1.93. The molecule has 1 aliphatic rings. The zero-order valence-electron chi connectivity index (χ0n) is 7.28. The number of rotatable bonds is 3. The van der Waals surface area contributed by atoms with E-state index in [4.69, 9.17) is 21.3 Å². The molecule has 2 unspecified atom stereocenters. The van der Waals surface area contributed by atoms with Gasteiger partial charge < -0.3 is 21.3 Å². The summed E-state index contributed by atoms with van der Waals surface area (Å²) in [7, 11) is 0. The Hall–Kier alpha value is -0.160. The fourth-order valence-corrected chi connectivity index (χ4v) is 1.57. The van der Waals surface area contributed by atoms with Gasteiger partial charge in [0, 0.05) is 25.3 Å². The van der Waals surface area contributed by atoms with E-state index >= 15 is 0 Å². The highest BCUT2D eigenvalue weighted by Gasteiger charge is 2.24. The average molecular weight is 174 g/mol. The van der Waals surface area contributed by atoms with Crippen LogP contribution in [0.2, 0.25) is 0 Å². The van der Waals surface area contributed by atoms with Crippen molar-refractivity contribution in [3.63, 3.8) is 0 Å². The third-order valence-electron chi connectivity index (χ3n) is 2.52. The molecule has 1 aliphatic heterocycles. The molecule has 1 fully saturated rings. The zero-order chi connectivity index (χ0) is 8.97. The molecule has 0 spiro atoms. The number of aliphatic hydroxyl groups excluding tert-OH is 1. The maximum atomic E-state index is 8.80. The first-order valence-electron chi connectivity index (χ1n) is 4.45. The Morgan fingerprint density at radius 2 is 1.92 bits per heavy atom. The van der Waals surface area contributed by atoms with Crippen molar-refractivity contribution in [1.29, 1.82) is 0 Å². The summed E-state index contributed by atoms with van der Waals surface area (Å²) in [5, 5.41) is 8.80. The van der Waals surface area contributed by atoms with Gasteiger partial charge in [-0.3, -0.25) is 0 Å². The summed E-state index contributed by atoms with van der Waals surface area (Å²) in [5.41, 5.74) is 11.5. The molecule has 0 aromatic rings. The minimum Gasteiger partial charge on any atom is -0.395 e. The van der Waals surface area contributed by atoms with E-state index < -0.39 is 0 Å². The second-order valence-corrected chi connectivity index (χ2v) is 3.37. The highest BCUT2D eigenvalue weighted by Crippen LogP contribution is 2.18. The van der Waals surface area contributed by atoms with Crippen molar-refractivity contribution in [2.45, 2.75) is 24.9 Å². The molecule has 12 heavy (non-hydrogen) atoms. The molecule has 4 nitrogen and oxygen atoms in total. The fraction of sp³-hybridized carbons (Fsp3) is 1.00. The summed E-state index contributed by atoms with van der Waals surface area (Å²) >= 11 is 0. The number of ether oxygens (including phenoxy) is 1. The van der Waals surface area contributed by atoms with E-state index in [1.165, 1.54) is 0 Å². The molecule has 0 aromatic carbocycles. The summed E-state index contributed by atoms with van der Waals surface area (Å²) in [4.78, 5) is 0. The lowest BCUT2D eigenvalue weighted by Gasteiger charge is -2.30. The van der Waals surface area contributed by atoms with Crippen LogP contribution in [-0.2, 0) is 4.74 Å². The minimum absolute atomic E-state index is 0.0292. The lowest BCUT2D eigenvalue weighted by atomic mass is 9.88. The number of hydrogen-bond donors (Lipinski definition) is 3. The summed E-state index contributed by atoms with van der Waals surface area (Å²) in [6, 6.07) is -0.369. The van der Waals surface area contributed by atoms with Crippen LogP contribution in [-0.4, -0.2) is 37.0 Å². The Bertz CT molecular complexity index is 126. The predicted molar refractivity (Wildman–Crippen MR) is 46.6 cm³/mol. The summed E-state index contributed by atoms with van der Waals surface area (Å²) in [6.45, 7) is 1.52. The quantitative estimate of drug-likeness (QED) is 0.516. The SMILES string of the molecule is NC(CO)C(N)C1CCOCC1. The van der Waals surface area contributed by atoms with Gasteiger partial charge in [0.2, 0.25) is 0 Å². The monoisotopic (exact) mass is 174 g/mol. The Morgan fingerprint density at radius 1 is 1.33 bits per heavy atom. The third-order valence-corrected chi connectivity index (χ3v) is 2.52. The first-order chi connectivity index (χ1) is 5.75. The lowest BCUT2D eigenvalue weighted by Crippen LogP contribution is -2.49. The Labute approximate surface area is 72.9 Å². The van der Waals surface area contributed by atoms with Gasteiger partial charge in [0.15, 0.2) is 0 Å². The highest BCUT2D eigenvalue weighted by atomic mass is 16.5. The maximum absolute atomic E-state index is 8.80. The summed E-state index contributed by atoms with van der Waals surface area (Å²) < 4.78 is 5.20. The Kier molecular flexibility index (Phi) is 3.94. The fourth-order valence-electron chi connectivity index (χ4n) is 1.57. The van der Waals surface area contributed by atoms with E-state index in [9.17, 15) is 0 Å². The van der Waals surface area contributed by atoms with Gasteiger partial charge in [-0.2, -0.15) is 0 Å². The molecule has 4 heteroatoms. The van der Waals surface area contributed by atoms with Crippen LogP contribution in [0.15, 0.2) is 0 Å². The Balaban J connectivity index is 2.33. The smallest absolute Gasteiger partial charge is 0.0597 e. The van der Waals surface area contributed by atoms with Gasteiger partial charge >= 0.3 is 0 Å². The highest BCUT2D eigenvalue weighted by molar-refractivity contribution is 4.83. The predicted octanol–water partition coefficient (Wildman–Crippen LogP) is -0.940. The molecule has 0 saturated carbocycles. The standard InChI is InChI=1S/C8H18N2O2/c9-7(5-11)8(10)6-1-3-12-4-2-6/h6-8,11H,1-5,9-10H2. The molecule has 5 N–H and O–H groups in total. The van der Waals surface area contributed by atoms with Crippen molar-refractivity contribution >= 4 is 0 Å². The van der Waals surface area contributed by atoms with Crippen molar-refractivity contribution in [3.05, 3.63) is 0 Å². The van der Waals surface area contributed by atoms with Gasteiger partial charge in [-0.05, 0) is 18.8 Å². The second-order valence-electron chi connectivity index (χ2n) is 3.37. The molecule has 0 radical (unpaired) electrons. The van der Waals surface area contributed by atoms with Crippen molar-refractivity contribution in [2.75, 3.05) is 19.8 Å². The van der Waals surface area contributed by atoms with Crippen molar-refractivity contribution in [2.24, 2.45) is 17.4 Å². The van der Waals surface area contributed by atoms with Crippen molar-refractivity contribution < 1.29 is 9.84 Å². The topological polar surface area (TPSA) is 81.5 Å². The van der Waals surface area contributed by atoms with Gasteiger partial charge in [-0.25, -0.2) is 0 Å². The first kappa shape index (κ1) is 9.92. The van der Waals surface area contributed by atoms with Crippen LogP contribution >= 0.6 is 0 Å². The van der Waals surface area contributed by atoms with Crippen LogP contribution in [0.25, 0.3) is 0 Å². The van der Waals surface area contributed by atoms with Gasteiger partial charge in [-0.1, -0.05) is 0 Å². The maximum Gasteiger partial charge on any atom is 0.0597 e. The molecule has 1 rings (SSSR count). The third kappa shape index (κ3) is 2.42. The van der Waals surface area contributed by atoms with E-state index in [1.807, 2.05) is 0 Å².